The quantitative estimate of drug-likeness (QED) is 0.194. The van der Waals surface area contributed by atoms with Crippen molar-refractivity contribution in [2.45, 2.75) is 45.6 Å². The summed E-state index contributed by atoms with van der Waals surface area (Å²) in [6, 6.07) is 9.64. The van der Waals surface area contributed by atoms with E-state index in [1.807, 2.05) is 19.9 Å². The summed E-state index contributed by atoms with van der Waals surface area (Å²) in [4.78, 5) is 16.3. The summed E-state index contributed by atoms with van der Waals surface area (Å²) >= 11 is 0. The van der Waals surface area contributed by atoms with E-state index in [1.54, 1.807) is 18.2 Å². The average Bonchev–Trinajstić information content (AvgIpc) is 2.74. The summed E-state index contributed by atoms with van der Waals surface area (Å²) in [7, 11) is 1.49. The number of guanidine groups is 1. The van der Waals surface area contributed by atoms with Crippen molar-refractivity contribution >= 4 is 35.8 Å². The first-order chi connectivity index (χ1) is 14.6. The van der Waals surface area contributed by atoms with Crippen molar-refractivity contribution in [1.82, 2.24) is 16.0 Å². The third kappa shape index (κ3) is 8.29. The van der Waals surface area contributed by atoms with E-state index in [1.165, 1.54) is 7.05 Å². The largest absolute Gasteiger partial charge is 0.416 e. The smallest absolute Gasteiger partial charge is 0.352 e. The lowest BCUT2D eigenvalue weighted by molar-refractivity contribution is -0.138. The van der Waals surface area contributed by atoms with Crippen molar-refractivity contribution in [1.29, 1.82) is 0 Å². The van der Waals surface area contributed by atoms with Gasteiger partial charge in [0.15, 0.2) is 5.96 Å². The number of nitrogens with zero attached hydrogens (tertiary/aromatic N) is 1. The zero-order valence-corrected chi connectivity index (χ0v) is 20.3. The second kappa shape index (κ2) is 12.6. The van der Waals surface area contributed by atoms with Crippen molar-refractivity contribution < 1.29 is 22.4 Å². The molecule has 2 aromatic carbocycles. The van der Waals surface area contributed by atoms with Gasteiger partial charge in [-0.3, -0.25) is 9.79 Å². The van der Waals surface area contributed by atoms with Crippen LogP contribution in [0, 0.1) is 5.82 Å². The van der Waals surface area contributed by atoms with Crippen LogP contribution in [0.15, 0.2) is 47.5 Å². The van der Waals surface area contributed by atoms with E-state index < -0.39 is 17.6 Å². The van der Waals surface area contributed by atoms with E-state index in [2.05, 4.69) is 20.9 Å². The highest BCUT2D eigenvalue weighted by Gasteiger charge is 2.33. The third-order valence-corrected chi connectivity index (χ3v) is 4.69. The fourth-order valence-corrected chi connectivity index (χ4v) is 2.78. The van der Waals surface area contributed by atoms with Gasteiger partial charge in [0.1, 0.15) is 5.82 Å². The molecule has 0 bridgehead atoms. The van der Waals surface area contributed by atoms with Gasteiger partial charge in [0.05, 0.1) is 5.56 Å². The minimum absolute atomic E-state index is 0. The Morgan fingerprint density at radius 1 is 1.09 bits per heavy atom. The molecule has 1 atom stereocenters. The van der Waals surface area contributed by atoms with Gasteiger partial charge in [-0.15, -0.1) is 24.0 Å². The lowest BCUT2D eigenvalue weighted by Crippen LogP contribution is -2.37. The van der Waals surface area contributed by atoms with E-state index >= 15 is 0 Å². The van der Waals surface area contributed by atoms with E-state index in [-0.39, 0.29) is 54.0 Å². The summed E-state index contributed by atoms with van der Waals surface area (Å²) in [5, 5.41) is 8.69. The van der Waals surface area contributed by atoms with Crippen LogP contribution in [0.1, 0.15) is 47.3 Å². The number of hydrogen-bond acceptors (Lipinski definition) is 2. The molecule has 0 aliphatic carbocycles. The van der Waals surface area contributed by atoms with Crippen LogP contribution in [0.2, 0.25) is 0 Å². The van der Waals surface area contributed by atoms with Crippen LogP contribution in [-0.4, -0.2) is 25.0 Å². The molecule has 3 N–H and O–H groups in total. The predicted octanol–water partition coefficient (Wildman–Crippen LogP) is 4.86. The first-order valence-electron chi connectivity index (χ1n) is 9.84. The van der Waals surface area contributed by atoms with Crippen LogP contribution in [-0.2, 0) is 19.3 Å². The SMILES string of the molecule is CCC(C)NC(=O)c1cccc(CNC(=NC)NCc2ccc(F)cc2C(F)(F)F)c1.I. The highest BCUT2D eigenvalue weighted by molar-refractivity contribution is 14.0. The Bertz CT molecular complexity index is 934. The number of nitrogens with one attached hydrogen (secondary N) is 3. The first-order valence-corrected chi connectivity index (χ1v) is 9.84. The topological polar surface area (TPSA) is 65.5 Å². The Morgan fingerprint density at radius 2 is 1.78 bits per heavy atom. The van der Waals surface area contributed by atoms with Crippen molar-refractivity contribution in [2.24, 2.45) is 4.99 Å². The summed E-state index contributed by atoms with van der Waals surface area (Å²) in [5.74, 6) is -0.850. The molecule has 0 saturated heterocycles. The van der Waals surface area contributed by atoms with Gasteiger partial charge in [-0.05, 0) is 48.7 Å². The van der Waals surface area contributed by atoms with Crippen LogP contribution in [0.5, 0.6) is 0 Å². The fourth-order valence-electron chi connectivity index (χ4n) is 2.78. The van der Waals surface area contributed by atoms with Gasteiger partial charge in [-0.25, -0.2) is 4.39 Å². The molecule has 0 fully saturated rings. The number of hydrogen-bond donors (Lipinski definition) is 3. The molecule has 10 heteroatoms. The second-order valence-corrected chi connectivity index (χ2v) is 7.06. The fraction of sp³-hybridized carbons (Fsp3) is 0.364. The maximum atomic E-state index is 13.2. The molecule has 0 saturated carbocycles. The molecule has 0 aliphatic heterocycles. The third-order valence-electron chi connectivity index (χ3n) is 4.69. The number of halogens is 5. The minimum Gasteiger partial charge on any atom is -0.352 e. The van der Waals surface area contributed by atoms with Gasteiger partial charge in [0, 0.05) is 31.7 Å². The molecule has 1 amide bonds. The van der Waals surface area contributed by atoms with Crippen LogP contribution < -0.4 is 16.0 Å². The molecule has 0 aliphatic rings. The maximum absolute atomic E-state index is 13.2. The average molecular weight is 566 g/mol. The Balaban J connectivity index is 0.00000512. The number of benzene rings is 2. The van der Waals surface area contributed by atoms with Gasteiger partial charge in [0.25, 0.3) is 5.91 Å². The van der Waals surface area contributed by atoms with Gasteiger partial charge in [-0.1, -0.05) is 25.1 Å². The van der Waals surface area contributed by atoms with Gasteiger partial charge >= 0.3 is 6.18 Å². The molecule has 5 nitrogen and oxygen atoms in total. The number of amides is 1. The second-order valence-electron chi connectivity index (χ2n) is 7.06. The number of carbonyl (C=O) groups excluding carboxylic acids is 1. The zero-order chi connectivity index (χ0) is 23.0. The summed E-state index contributed by atoms with van der Waals surface area (Å²) in [6.07, 6.45) is -3.84. The van der Waals surface area contributed by atoms with Crippen LogP contribution in [0.3, 0.4) is 0 Å². The zero-order valence-electron chi connectivity index (χ0n) is 18.0. The predicted molar refractivity (Wildman–Crippen MR) is 128 cm³/mol. The van der Waals surface area contributed by atoms with E-state index in [0.717, 1.165) is 24.1 Å². The molecule has 2 rings (SSSR count). The number of rotatable bonds is 7. The molecular formula is C22H27F4IN4O. The monoisotopic (exact) mass is 566 g/mol. The van der Waals surface area contributed by atoms with Gasteiger partial charge in [-0.2, -0.15) is 13.2 Å². The standard InChI is InChI=1S/C22H26F4N4O.HI/c1-4-14(2)30-20(31)16-7-5-6-15(10-16)12-28-21(27-3)29-13-17-8-9-18(23)11-19(17)22(24,25)26;/h5-11,14H,4,12-13H2,1-3H3,(H,30,31)(H2,27,28,29);1H. The summed E-state index contributed by atoms with van der Waals surface area (Å²) in [5.41, 5.74) is 0.192. The lowest BCUT2D eigenvalue weighted by atomic mass is 10.1. The number of aliphatic imine (C=N–C) groups is 1. The highest BCUT2D eigenvalue weighted by Crippen LogP contribution is 2.32. The highest BCUT2D eigenvalue weighted by atomic mass is 127. The molecule has 1 unspecified atom stereocenters. The van der Waals surface area contributed by atoms with E-state index in [4.69, 9.17) is 0 Å². The van der Waals surface area contributed by atoms with Crippen LogP contribution in [0.4, 0.5) is 17.6 Å². The van der Waals surface area contributed by atoms with Crippen molar-refractivity contribution in [3.05, 3.63) is 70.5 Å². The molecular weight excluding hydrogens is 539 g/mol. The summed E-state index contributed by atoms with van der Waals surface area (Å²) < 4.78 is 52.7. The molecule has 32 heavy (non-hydrogen) atoms. The minimum atomic E-state index is -4.66. The number of carbonyl (C=O) groups is 1. The van der Waals surface area contributed by atoms with Crippen LogP contribution >= 0.6 is 24.0 Å². The first kappa shape index (κ1) is 27.7. The van der Waals surface area contributed by atoms with Crippen molar-refractivity contribution in [3.8, 4) is 0 Å². The Labute approximate surface area is 202 Å². The molecule has 176 valence electrons. The maximum Gasteiger partial charge on any atom is 0.416 e. The molecule has 0 spiro atoms. The molecule has 0 heterocycles. The van der Waals surface area contributed by atoms with E-state index in [9.17, 15) is 22.4 Å². The normalized spacial score (nSPS) is 12.5. The van der Waals surface area contributed by atoms with Gasteiger partial charge in [0.2, 0.25) is 0 Å². The van der Waals surface area contributed by atoms with E-state index in [0.29, 0.717) is 18.2 Å². The Hall–Kier alpha value is -2.37. The number of alkyl halides is 3. The molecule has 2 aromatic rings. The van der Waals surface area contributed by atoms with Crippen molar-refractivity contribution in [3.63, 3.8) is 0 Å². The Morgan fingerprint density at radius 3 is 2.41 bits per heavy atom. The molecule has 0 aromatic heterocycles. The van der Waals surface area contributed by atoms with Crippen LogP contribution in [0.25, 0.3) is 0 Å². The Kier molecular flexibility index (Phi) is 10.9. The summed E-state index contributed by atoms with van der Waals surface area (Å²) in [6.45, 7) is 4.02. The van der Waals surface area contributed by atoms with Gasteiger partial charge < -0.3 is 16.0 Å². The lowest BCUT2D eigenvalue weighted by Gasteiger charge is -2.16. The molecule has 0 radical (unpaired) electrons. The van der Waals surface area contributed by atoms with Crippen molar-refractivity contribution in [2.75, 3.05) is 7.05 Å².